The zero-order valence-electron chi connectivity index (χ0n) is 8.08. The highest BCUT2D eigenvalue weighted by Crippen LogP contribution is 2.14. The number of hydrogen-bond donors (Lipinski definition) is 3. The number of halogens is 1. The Kier molecular flexibility index (Phi) is 3.28. The number of rotatable bonds is 3. The number of aliphatic hydroxyl groups is 1. The van der Waals surface area contributed by atoms with Crippen LogP contribution in [0.3, 0.4) is 0 Å². The van der Waals surface area contributed by atoms with Crippen molar-refractivity contribution >= 4 is 27.7 Å². The molecule has 0 radical (unpaired) electrons. The van der Waals surface area contributed by atoms with Gasteiger partial charge in [-0.25, -0.2) is 4.98 Å². The van der Waals surface area contributed by atoms with E-state index in [-0.39, 0.29) is 5.95 Å². The molecule has 0 aliphatic carbocycles. The van der Waals surface area contributed by atoms with E-state index < -0.39 is 5.60 Å². The number of aromatic nitrogens is 2. The average molecular weight is 261 g/mol. The highest BCUT2D eigenvalue weighted by molar-refractivity contribution is 9.10. The third-order valence-electron chi connectivity index (χ3n) is 1.41. The molecule has 78 valence electrons. The number of nitrogens with one attached hydrogen (secondary N) is 1. The lowest BCUT2D eigenvalue weighted by molar-refractivity contribution is 0.0944. The van der Waals surface area contributed by atoms with Crippen LogP contribution in [-0.2, 0) is 0 Å². The number of hydrogen-bond acceptors (Lipinski definition) is 5. The second-order valence-corrected chi connectivity index (χ2v) is 4.41. The first-order valence-electron chi connectivity index (χ1n) is 4.13. The first-order valence-corrected chi connectivity index (χ1v) is 4.92. The first-order chi connectivity index (χ1) is 6.37. The summed E-state index contributed by atoms with van der Waals surface area (Å²) in [6, 6.07) is 1.70. The Bertz CT molecular complexity index is 303. The molecular formula is C8H13BrN4O. The van der Waals surface area contributed by atoms with Gasteiger partial charge >= 0.3 is 0 Å². The van der Waals surface area contributed by atoms with E-state index in [4.69, 9.17) is 5.73 Å². The summed E-state index contributed by atoms with van der Waals surface area (Å²) >= 11 is 3.20. The van der Waals surface area contributed by atoms with E-state index in [1.807, 2.05) is 0 Å². The monoisotopic (exact) mass is 260 g/mol. The zero-order chi connectivity index (χ0) is 10.8. The lowest BCUT2D eigenvalue weighted by Crippen LogP contribution is -2.29. The van der Waals surface area contributed by atoms with Crippen molar-refractivity contribution in [2.75, 3.05) is 17.6 Å². The maximum absolute atomic E-state index is 9.47. The Morgan fingerprint density at radius 3 is 2.71 bits per heavy atom. The van der Waals surface area contributed by atoms with Gasteiger partial charge in [0.1, 0.15) is 10.4 Å². The Morgan fingerprint density at radius 2 is 2.21 bits per heavy atom. The molecule has 0 aliphatic rings. The molecule has 0 spiro atoms. The maximum atomic E-state index is 9.47. The van der Waals surface area contributed by atoms with Crippen molar-refractivity contribution < 1.29 is 5.11 Å². The molecule has 1 rings (SSSR count). The molecule has 6 heteroatoms. The fraction of sp³-hybridized carbons (Fsp3) is 0.500. The van der Waals surface area contributed by atoms with Gasteiger partial charge in [0.2, 0.25) is 5.95 Å². The zero-order valence-corrected chi connectivity index (χ0v) is 9.67. The van der Waals surface area contributed by atoms with Crippen LogP contribution in [0.2, 0.25) is 0 Å². The molecule has 1 aromatic heterocycles. The minimum absolute atomic E-state index is 0.192. The predicted molar refractivity (Wildman–Crippen MR) is 58.9 cm³/mol. The summed E-state index contributed by atoms with van der Waals surface area (Å²) in [5, 5.41) is 12.4. The van der Waals surface area contributed by atoms with E-state index in [0.29, 0.717) is 17.0 Å². The van der Waals surface area contributed by atoms with Crippen LogP contribution >= 0.6 is 15.9 Å². The quantitative estimate of drug-likeness (QED) is 0.707. The van der Waals surface area contributed by atoms with Crippen LogP contribution in [0.15, 0.2) is 10.7 Å². The highest BCUT2D eigenvalue weighted by atomic mass is 79.9. The molecule has 1 heterocycles. The van der Waals surface area contributed by atoms with E-state index >= 15 is 0 Å². The minimum atomic E-state index is -0.786. The largest absolute Gasteiger partial charge is 0.389 e. The summed E-state index contributed by atoms with van der Waals surface area (Å²) in [6.07, 6.45) is 0. The van der Waals surface area contributed by atoms with Crippen LogP contribution < -0.4 is 11.1 Å². The summed E-state index contributed by atoms with van der Waals surface area (Å²) in [6.45, 7) is 3.81. The summed E-state index contributed by atoms with van der Waals surface area (Å²) in [5.41, 5.74) is 4.66. The molecule has 1 aromatic rings. The van der Waals surface area contributed by atoms with Crippen molar-refractivity contribution in [3.8, 4) is 0 Å². The highest BCUT2D eigenvalue weighted by Gasteiger charge is 2.12. The maximum Gasteiger partial charge on any atom is 0.223 e. The van der Waals surface area contributed by atoms with E-state index in [1.165, 1.54) is 0 Å². The van der Waals surface area contributed by atoms with E-state index in [2.05, 4.69) is 31.2 Å². The number of anilines is 2. The summed E-state index contributed by atoms with van der Waals surface area (Å²) in [4.78, 5) is 7.81. The molecule has 0 amide bonds. The van der Waals surface area contributed by atoms with Crippen molar-refractivity contribution in [1.29, 1.82) is 0 Å². The minimum Gasteiger partial charge on any atom is -0.389 e. The summed E-state index contributed by atoms with van der Waals surface area (Å²) < 4.78 is 0.614. The van der Waals surface area contributed by atoms with Crippen LogP contribution in [0.4, 0.5) is 11.8 Å². The first kappa shape index (κ1) is 11.2. The van der Waals surface area contributed by atoms with Crippen LogP contribution in [0.1, 0.15) is 13.8 Å². The molecule has 5 nitrogen and oxygen atoms in total. The predicted octanol–water partition coefficient (Wildman–Crippen LogP) is 1.00. The van der Waals surface area contributed by atoms with Crippen molar-refractivity contribution in [2.24, 2.45) is 0 Å². The normalized spacial score (nSPS) is 11.4. The van der Waals surface area contributed by atoms with Gasteiger partial charge < -0.3 is 16.2 Å². The fourth-order valence-corrected chi connectivity index (χ4v) is 1.23. The number of nitrogens with zero attached hydrogens (tertiary/aromatic N) is 2. The van der Waals surface area contributed by atoms with Crippen LogP contribution in [0.5, 0.6) is 0 Å². The van der Waals surface area contributed by atoms with Gasteiger partial charge in [-0.1, -0.05) is 0 Å². The molecule has 0 saturated heterocycles. The second kappa shape index (κ2) is 4.10. The van der Waals surface area contributed by atoms with Gasteiger partial charge in [-0.2, -0.15) is 4.98 Å². The van der Waals surface area contributed by atoms with Crippen LogP contribution in [0, 0.1) is 0 Å². The van der Waals surface area contributed by atoms with Gasteiger partial charge in [0, 0.05) is 12.6 Å². The lowest BCUT2D eigenvalue weighted by Gasteiger charge is -2.18. The Morgan fingerprint density at radius 1 is 1.57 bits per heavy atom. The molecule has 0 unspecified atom stereocenters. The van der Waals surface area contributed by atoms with Crippen molar-refractivity contribution in [2.45, 2.75) is 19.4 Å². The molecule has 0 saturated carbocycles. The Labute approximate surface area is 90.9 Å². The van der Waals surface area contributed by atoms with E-state index in [9.17, 15) is 5.11 Å². The van der Waals surface area contributed by atoms with E-state index in [0.717, 1.165) is 0 Å². The third-order valence-corrected chi connectivity index (χ3v) is 1.82. The van der Waals surface area contributed by atoms with E-state index in [1.54, 1.807) is 19.9 Å². The van der Waals surface area contributed by atoms with Crippen LogP contribution in [0.25, 0.3) is 0 Å². The molecule has 0 aromatic carbocycles. The van der Waals surface area contributed by atoms with Crippen molar-refractivity contribution in [1.82, 2.24) is 9.97 Å². The standard InChI is InChI=1S/C8H13BrN4O/c1-8(2,14)4-11-6-3-5(9)12-7(10)13-6/h3,14H,4H2,1-2H3,(H3,10,11,12,13). The average Bonchev–Trinajstić information content (AvgIpc) is 1.97. The van der Waals surface area contributed by atoms with Gasteiger partial charge in [-0.05, 0) is 29.8 Å². The molecule has 0 aliphatic heterocycles. The molecular weight excluding hydrogens is 248 g/mol. The summed E-state index contributed by atoms with van der Waals surface area (Å²) in [5.74, 6) is 0.782. The molecule has 0 fully saturated rings. The van der Waals surface area contributed by atoms with Gasteiger partial charge in [0.25, 0.3) is 0 Å². The molecule has 4 N–H and O–H groups in total. The molecule has 0 bridgehead atoms. The SMILES string of the molecule is CC(C)(O)CNc1cc(Br)nc(N)n1. The second-order valence-electron chi connectivity index (χ2n) is 3.60. The number of nitrogen functional groups attached to an aromatic ring is 1. The van der Waals surface area contributed by atoms with Crippen LogP contribution in [-0.4, -0.2) is 27.2 Å². The fourth-order valence-electron chi connectivity index (χ4n) is 0.833. The molecule has 14 heavy (non-hydrogen) atoms. The Hall–Kier alpha value is -0.880. The van der Waals surface area contributed by atoms with Crippen molar-refractivity contribution in [3.05, 3.63) is 10.7 Å². The Balaban J connectivity index is 2.68. The lowest BCUT2D eigenvalue weighted by atomic mass is 10.1. The van der Waals surface area contributed by atoms with Gasteiger partial charge in [-0.3, -0.25) is 0 Å². The van der Waals surface area contributed by atoms with Gasteiger partial charge in [0.15, 0.2) is 0 Å². The number of nitrogens with two attached hydrogens (primary N) is 1. The topological polar surface area (TPSA) is 84.1 Å². The van der Waals surface area contributed by atoms with Gasteiger partial charge in [-0.15, -0.1) is 0 Å². The van der Waals surface area contributed by atoms with Gasteiger partial charge in [0.05, 0.1) is 5.60 Å². The third kappa shape index (κ3) is 3.89. The smallest absolute Gasteiger partial charge is 0.223 e. The van der Waals surface area contributed by atoms with Crippen molar-refractivity contribution in [3.63, 3.8) is 0 Å². The summed E-state index contributed by atoms with van der Waals surface area (Å²) in [7, 11) is 0. The molecule has 0 atom stereocenters.